The smallest absolute Gasteiger partial charge is 0.265 e. The number of hydrogen-bond acceptors (Lipinski definition) is 8. The minimum atomic E-state index is -0.609. The summed E-state index contributed by atoms with van der Waals surface area (Å²) >= 11 is 1.28. The number of pyridine rings is 1. The first kappa shape index (κ1) is 25.9. The maximum atomic E-state index is 14.6. The maximum absolute atomic E-state index is 14.6. The van der Waals surface area contributed by atoms with Crippen LogP contribution in [0.5, 0.6) is 11.5 Å². The van der Waals surface area contributed by atoms with Gasteiger partial charge in [-0.25, -0.2) is 9.37 Å². The number of halogens is 1. The van der Waals surface area contributed by atoms with Gasteiger partial charge in [0.25, 0.3) is 11.8 Å². The Morgan fingerprint density at radius 1 is 0.951 bits per heavy atom. The van der Waals surface area contributed by atoms with E-state index in [9.17, 15) is 14.0 Å². The summed E-state index contributed by atoms with van der Waals surface area (Å²) in [6.07, 6.45) is 0. The molecule has 210 valence electrons. The number of anilines is 2. The second kappa shape index (κ2) is 10.4. The van der Waals surface area contributed by atoms with Gasteiger partial charge < -0.3 is 20.1 Å². The number of fused-ring (bicyclic) bond motifs is 3. The molecular weight excluding hydrogens is 545 g/mol. The summed E-state index contributed by atoms with van der Waals surface area (Å²) in [5.74, 6) is -0.368. The highest BCUT2D eigenvalue weighted by Crippen LogP contribution is 2.35. The van der Waals surface area contributed by atoms with Gasteiger partial charge in [0.1, 0.15) is 23.9 Å². The number of rotatable bonds is 7. The average molecular weight is 574 g/mol. The molecule has 5 heterocycles. The molecule has 0 radical (unpaired) electrons. The predicted octanol–water partition coefficient (Wildman–Crippen LogP) is 4.60. The Morgan fingerprint density at radius 3 is 2.56 bits per heavy atom. The van der Waals surface area contributed by atoms with Gasteiger partial charge in [-0.05, 0) is 55.1 Å². The number of likely N-dealkylation sites (N-methyl/N-ethyl adjacent to an activating group) is 1. The van der Waals surface area contributed by atoms with Crippen LogP contribution in [0.2, 0.25) is 0 Å². The minimum absolute atomic E-state index is 0.0324. The van der Waals surface area contributed by atoms with Crippen molar-refractivity contribution < 1.29 is 23.5 Å². The number of ether oxygens (including phenoxy) is 2. The first-order valence-electron chi connectivity index (χ1n) is 13.6. The SMILES string of the molecule is CCN1CC2[C@H]1CN2Cc1ccc2cc(C(=O)Nc3cc(NC(=O)c4ccc5c(c4)OCCO5)ccc3F)sc2n1. The van der Waals surface area contributed by atoms with E-state index in [0.717, 1.165) is 42.1 Å². The first-order chi connectivity index (χ1) is 19.9. The molecule has 0 bridgehead atoms. The fourth-order valence-corrected chi connectivity index (χ4v) is 6.56. The van der Waals surface area contributed by atoms with Crippen LogP contribution in [0.15, 0.2) is 54.6 Å². The maximum Gasteiger partial charge on any atom is 0.265 e. The van der Waals surface area contributed by atoms with Gasteiger partial charge in [0.05, 0.1) is 16.3 Å². The molecule has 2 aromatic carbocycles. The third kappa shape index (κ3) is 4.90. The molecule has 41 heavy (non-hydrogen) atoms. The average Bonchev–Trinajstić information content (AvgIpc) is 3.41. The second-order valence-electron chi connectivity index (χ2n) is 10.4. The Balaban J connectivity index is 1.02. The van der Waals surface area contributed by atoms with E-state index in [1.54, 1.807) is 24.3 Å². The van der Waals surface area contributed by atoms with Crippen molar-refractivity contribution in [2.24, 2.45) is 0 Å². The molecular formula is C30H28FN5O4S. The highest BCUT2D eigenvalue weighted by molar-refractivity contribution is 7.20. The van der Waals surface area contributed by atoms with Crippen LogP contribution >= 0.6 is 11.3 Å². The normalized spacial score (nSPS) is 19.7. The van der Waals surface area contributed by atoms with Gasteiger partial charge in [-0.15, -0.1) is 11.3 Å². The monoisotopic (exact) mass is 573 g/mol. The summed E-state index contributed by atoms with van der Waals surface area (Å²) in [6, 6.07) is 16.0. The molecule has 3 aliphatic heterocycles. The summed E-state index contributed by atoms with van der Waals surface area (Å²) in [5.41, 5.74) is 1.65. The highest BCUT2D eigenvalue weighted by atomic mass is 32.1. The number of aromatic nitrogens is 1. The second-order valence-corrected chi connectivity index (χ2v) is 11.5. The van der Waals surface area contributed by atoms with Crippen molar-refractivity contribution >= 4 is 44.7 Å². The third-order valence-corrected chi connectivity index (χ3v) is 8.98. The van der Waals surface area contributed by atoms with Gasteiger partial charge in [-0.2, -0.15) is 0 Å². The van der Waals surface area contributed by atoms with Gasteiger partial charge in [0, 0.05) is 48.4 Å². The number of likely N-dealkylation sites (tertiary alicyclic amines) is 2. The van der Waals surface area contributed by atoms with E-state index in [1.807, 2.05) is 12.1 Å². The van der Waals surface area contributed by atoms with Crippen molar-refractivity contribution in [3.05, 3.63) is 76.5 Å². The van der Waals surface area contributed by atoms with Gasteiger partial charge in [0.2, 0.25) is 0 Å². The molecule has 2 N–H and O–H groups in total. The summed E-state index contributed by atoms with van der Waals surface area (Å²) in [4.78, 5) is 36.8. The molecule has 2 amide bonds. The number of carbonyl (C=O) groups excluding carboxylic acids is 2. The number of piperazine rings is 1. The molecule has 0 saturated carbocycles. The van der Waals surface area contributed by atoms with Gasteiger partial charge >= 0.3 is 0 Å². The van der Waals surface area contributed by atoms with E-state index < -0.39 is 17.6 Å². The lowest BCUT2D eigenvalue weighted by Gasteiger charge is -2.62. The molecule has 0 spiro atoms. The van der Waals surface area contributed by atoms with Crippen molar-refractivity contribution in [1.82, 2.24) is 14.8 Å². The van der Waals surface area contributed by atoms with Gasteiger partial charge in [-0.1, -0.05) is 13.0 Å². The molecule has 4 aromatic rings. The lowest BCUT2D eigenvalue weighted by molar-refractivity contribution is -0.126. The summed E-state index contributed by atoms with van der Waals surface area (Å²) < 4.78 is 25.7. The predicted molar refractivity (Wildman–Crippen MR) is 155 cm³/mol. The van der Waals surface area contributed by atoms with E-state index in [-0.39, 0.29) is 5.69 Å². The zero-order chi connectivity index (χ0) is 28.1. The number of amides is 2. The van der Waals surface area contributed by atoms with E-state index in [0.29, 0.717) is 52.9 Å². The number of hydrogen-bond donors (Lipinski definition) is 2. The Labute approximate surface area is 239 Å². The zero-order valence-corrected chi connectivity index (χ0v) is 23.2. The zero-order valence-electron chi connectivity index (χ0n) is 22.4. The standard InChI is InChI=1S/C30H28FN5O4S/c1-2-35-15-24-23(35)16-36(24)14-20-5-3-18-12-27(41-30(18)33-20)29(38)34-22-13-19(6-7-21(22)31)32-28(37)17-4-8-25-26(11-17)40-10-9-39-25/h3-8,11-13,23-24H,2,9-10,14-16H2,1H3,(H,32,37)(H,34,38)/t23-,24?/m1/s1. The fourth-order valence-electron chi connectivity index (χ4n) is 5.62. The Morgan fingerprint density at radius 2 is 1.76 bits per heavy atom. The Hall–Kier alpha value is -4.06. The van der Waals surface area contributed by atoms with Gasteiger partial charge in [0.15, 0.2) is 11.5 Å². The fraction of sp³-hybridized carbons (Fsp3) is 0.300. The van der Waals surface area contributed by atoms with Crippen LogP contribution in [-0.2, 0) is 6.54 Å². The number of carbonyl (C=O) groups is 2. The molecule has 2 atom stereocenters. The van der Waals surface area contributed by atoms with Crippen LogP contribution in [0.25, 0.3) is 10.2 Å². The number of nitrogens with zero attached hydrogens (tertiary/aromatic N) is 3. The van der Waals surface area contributed by atoms with E-state index in [4.69, 9.17) is 14.5 Å². The van der Waals surface area contributed by atoms with Crippen LogP contribution in [0.3, 0.4) is 0 Å². The molecule has 0 aliphatic carbocycles. The highest BCUT2D eigenvalue weighted by Gasteiger charge is 2.50. The van der Waals surface area contributed by atoms with Gasteiger partial charge in [-0.3, -0.25) is 19.4 Å². The largest absolute Gasteiger partial charge is 0.486 e. The summed E-state index contributed by atoms with van der Waals surface area (Å²) in [5, 5.41) is 6.26. The van der Waals surface area contributed by atoms with Crippen molar-refractivity contribution in [2.75, 3.05) is 43.5 Å². The lowest BCUT2D eigenvalue weighted by atomic mass is 9.85. The van der Waals surface area contributed by atoms with E-state index >= 15 is 0 Å². The van der Waals surface area contributed by atoms with E-state index in [2.05, 4.69) is 27.4 Å². The summed E-state index contributed by atoms with van der Waals surface area (Å²) in [6.45, 7) is 7.15. The van der Waals surface area contributed by atoms with Crippen LogP contribution < -0.4 is 20.1 Å². The number of nitrogens with one attached hydrogen (secondary N) is 2. The molecule has 2 saturated heterocycles. The van der Waals surface area contributed by atoms with Crippen molar-refractivity contribution in [3.8, 4) is 11.5 Å². The number of benzene rings is 2. The molecule has 3 aliphatic rings. The van der Waals surface area contributed by atoms with Crippen LogP contribution in [-0.4, -0.2) is 71.5 Å². The minimum Gasteiger partial charge on any atom is -0.486 e. The Kier molecular flexibility index (Phi) is 6.57. The molecule has 7 rings (SSSR count). The number of thiophene rings is 1. The quantitative estimate of drug-likeness (QED) is 0.334. The third-order valence-electron chi connectivity index (χ3n) is 7.94. The topological polar surface area (TPSA) is 96.0 Å². The molecule has 1 unspecified atom stereocenters. The Bertz CT molecular complexity index is 1680. The molecule has 11 heteroatoms. The molecule has 2 aromatic heterocycles. The summed E-state index contributed by atoms with van der Waals surface area (Å²) in [7, 11) is 0. The lowest BCUT2D eigenvalue weighted by Crippen LogP contribution is -2.78. The molecule has 2 fully saturated rings. The first-order valence-corrected chi connectivity index (χ1v) is 14.5. The van der Waals surface area contributed by atoms with Crippen LogP contribution in [0, 0.1) is 5.82 Å². The van der Waals surface area contributed by atoms with Crippen LogP contribution in [0.1, 0.15) is 32.6 Å². The van der Waals surface area contributed by atoms with Crippen molar-refractivity contribution in [3.63, 3.8) is 0 Å². The molecule has 9 nitrogen and oxygen atoms in total. The van der Waals surface area contributed by atoms with Crippen molar-refractivity contribution in [2.45, 2.75) is 25.6 Å². The van der Waals surface area contributed by atoms with E-state index in [1.165, 1.54) is 29.5 Å². The van der Waals surface area contributed by atoms with Crippen LogP contribution in [0.4, 0.5) is 15.8 Å². The van der Waals surface area contributed by atoms with Crippen molar-refractivity contribution in [1.29, 1.82) is 0 Å².